The van der Waals surface area contributed by atoms with Crippen molar-refractivity contribution < 1.29 is 23.1 Å². The average Bonchev–Trinajstić information content (AvgIpc) is 2.71. The van der Waals surface area contributed by atoms with E-state index in [-0.39, 0.29) is 22.0 Å². The van der Waals surface area contributed by atoms with Crippen LogP contribution in [-0.2, 0) is 16.4 Å². The molecular formula is C20H15N3O5S. The van der Waals surface area contributed by atoms with Crippen molar-refractivity contribution in [3.63, 3.8) is 0 Å². The minimum absolute atomic E-state index is 0.00669. The van der Waals surface area contributed by atoms with Gasteiger partial charge in [-0.1, -0.05) is 12.1 Å². The topological polar surface area (TPSA) is 129 Å². The third-order valence-electron chi connectivity index (χ3n) is 3.83. The Bertz CT molecular complexity index is 1150. The van der Waals surface area contributed by atoms with Gasteiger partial charge in [-0.15, -0.1) is 0 Å². The molecule has 1 heterocycles. The third-order valence-corrected chi connectivity index (χ3v) is 5.23. The first-order valence-electron chi connectivity index (χ1n) is 8.33. The Kier molecular flexibility index (Phi) is 5.76. The number of ether oxygens (including phenoxy) is 1. The molecule has 0 unspecified atom stereocenters. The van der Waals surface area contributed by atoms with Gasteiger partial charge >= 0.3 is 5.97 Å². The molecule has 0 aliphatic rings. The standard InChI is InChI=1S/C20H15N3O5S/c21-12-11-14-1-6-17(7-2-14)28-19-10-5-16(13-22-19)23-29(26,27)18-8-3-15(4-9-18)20(24)25/h1-10,13,23H,11H2,(H,24,25). The molecule has 3 aromatic rings. The first kappa shape index (κ1) is 19.9. The fraction of sp³-hybridized carbons (Fsp3) is 0.0500. The van der Waals surface area contributed by atoms with Crippen molar-refractivity contribution in [3.8, 4) is 17.7 Å². The smallest absolute Gasteiger partial charge is 0.335 e. The molecule has 2 N–H and O–H groups in total. The molecule has 1 aromatic heterocycles. The van der Waals surface area contributed by atoms with Crippen molar-refractivity contribution in [3.05, 3.63) is 78.0 Å². The molecule has 0 bridgehead atoms. The molecule has 0 radical (unpaired) electrons. The number of anilines is 1. The number of sulfonamides is 1. The minimum Gasteiger partial charge on any atom is -0.478 e. The van der Waals surface area contributed by atoms with E-state index >= 15 is 0 Å². The molecule has 8 nitrogen and oxygen atoms in total. The highest BCUT2D eigenvalue weighted by atomic mass is 32.2. The van der Waals surface area contributed by atoms with Crippen LogP contribution >= 0.6 is 0 Å². The van der Waals surface area contributed by atoms with Gasteiger partial charge in [0.2, 0.25) is 5.88 Å². The predicted molar refractivity (Wildman–Crippen MR) is 104 cm³/mol. The number of carboxylic acid groups (broad SMARTS) is 1. The van der Waals surface area contributed by atoms with Gasteiger partial charge in [0.1, 0.15) is 5.75 Å². The molecule has 2 aromatic carbocycles. The summed E-state index contributed by atoms with van der Waals surface area (Å²) in [6.45, 7) is 0. The van der Waals surface area contributed by atoms with Crippen LogP contribution in [0.5, 0.6) is 11.6 Å². The molecule has 29 heavy (non-hydrogen) atoms. The highest BCUT2D eigenvalue weighted by Crippen LogP contribution is 2.22. The molecule has 0 saturated carbocycles. The Morgan fingerprint density at radius 2 is 1.76 bits per heavy atom. The zero-order chi connectivity index (χ0) is 20.9. The summed E-state index contributed by atoms with van der Waals surface area (Å²) >= 11 is 0. The van der Waals surface area contributed by atoms with E-state index in [1.165, 1.54) is 42.6 Å². The predicted octanol–water partition coefficient (Wildman–Crippen LogP) is 3.44. The summed E-state index contributed by atoms with van der Waals surface area (Å²) in [5.41, 5.74) is 1.09. The number of hydrogen-bond donors (Lipinski definition) is 2. The average molecular weight is 409 g/mol. The molecule has 0 spiro atoms. The zero-order valence-corrected chi connectivity index (χ0v) is 15.8. The maximum Gasteiger partial charge on any atom is 0.335 e. The molecule has 146 valence electrons. The number of aromatic nitrogens is 1. The highest BCUT2D eigenvalue weighted by Gasteiger charge is 2.15. The lowest BCUT2D eigenvalue weighted by molar-refractivity contribution is 0.0696. The first-order valence-corrected chi connectivity index (χ1v) is 9.82. The maximum atomic E-state index is 12.4. The van der Waals surface area contributed by atoms with Gasteiger partial charge in [0.15, 0.2) is 0 Å². The number of nitriles is 1. The fourth-order valence-corrected chi connectivity index (χ4v) is 3.42. The third kappa shape index (κ3) is 5.09. The normalized spacial score (nSPS) is 10.7. The maximum absolute atomic E-state index is 12.4. The summed E-state index contributed by atoms with van der Waals surface area (Å²) in [6, 6.07) is 16.9. The number of rotatable bonds is 7. The quantitative estimate of drug-likeness (QED) is 0.611. The number of pyridine rings is 1. The van der Waals surface area contributed by atoms with Crippen LogP contribution in [0.15, 0.2) is 71.8 Å². The van der Waals surface area contributed by atoms with E-state index in [4.69, 9.17) is 15.1 Å². The van der Waals surface area contributed by atoms with E-state index in [9.17, 15) is 13.2 Å². The second-order valence-electron chi connectivity index (χ2n) is 5.90. The van der Waals surface area contributed by atoms with Crippen LogP contribution in [0.3, 0.4) is 0 Å². The van der Waals surface area contributed by atoms with E-state index in [1.54, 1.807) is 24.3 Å². The molecule has 0 fully saturated rings. The molecule has 9 heteroatoms. The van der Waals surface area contributed by atoms with E-state index in [1.807, 2.05) is 0 Å². The van der Waals surface area contributed by atoms with Crippen LogP contribution in [0.4, 0.5) is 5.69 Å². The van der Waals surface area contributed by atoms with Crippen LogP contribution in [0, 0.1) is 11.3 Å². The summed E-state index contributed by atoms with van der Waals surface area (Å²) in [7, 11) is -3.89. The second-order valence-corrected chi connectivity index (χ2v) is 7.58. The van der Waals surface area contributed by atoms with E-state index in [0.29, 0.717) is 12.2 Å². The number of carboxylic acids is 1. The zero-order valence-electron chi connectivity index (χ0n) is 14.9. The van der Waals surface area contributed by atoms with Gasteiger partial charge < -0.3 is 9.84 Å². The van der Waals surface area contributed by atoms with Crippen LogP contribution in [0.1, 0.15) is 15.9 Å². The summed E-state index contributed by atoms with van der Waals surface area (Å²) < 4.78 is 32.8. The lowest BCUT2D eigenvalue weighted by atomic mass is 10.2. The van der Waals surface area contributed by atoms with Crippen LogP contribution < -0.4 is 9.46 Å². The monoisotopic (exact) mass is 409 g/mol. The van der Waals surface area contributed by atoms with Crippen molar-refractivity contribution in [1.29, 1.82) is 5.26 Å². The van der Waals surface area contributed by atoms with Gasteiger partial charge in [0.25, 0.3) is 10.0 Å². The van der Waals surface area contributed by atoms with Gasteiger partial charge in [-0.05, 0) is 48.0 Å². The molecule has 3 rings (SSSR count). The van der Waals surface area contributed by atoms with Crippen molar-refractivity contribution in [1.82, 2.24) is 4.98 Å². The van der Waals surface area contributed by atoms with Crippen molar-refractivity contribution >= 4 is 21.7 Å². The molecule has 0 saturated heterocycles. The van der Waals surface area contributed by atoms with Crippen LogP contribution in [-0.4, -0.2) is 24.5 Å². The van der Waals surface area contributed by atoms with Crippen molar-refractivity contribution in [2.75, 3.05) is 4.72 Å². The van der Waals surface area contributed by atoms with Crippen molar-refractivity contribution in [2.24, 2.45) is 0 Å². The number of carbonyl (C=O) groups is 1. The number of hydrogen-bond acceptors (Lipinski definition) is 6. The van der Waals surface area contributed by atoms with Gasteiger partial charge in [-0.3, -0.25) is 4.72 Å². The SMILES string of the molecule is N#CCc1ccc(Oc2ccc(NS(=O)(=O)c3ccc(C(=O)O)cc3)cn2)cc1. The molecule has 0 atom stereocenters. The van der Waals surface area contributed by atoms with Gasteiger partial charge in [-0.25, -0.2) is 18.2 Å². The Morgan fingerprint density at radius 3 is 2.31 bits per heavy atom. The summed E-state index contributed by atoms with van der Waals surface area (Å²) in [5, 5.41) is 17.6. The summed E-state index contributed by atoms with van der Waals surface area (Å²) in [6.07, 6.45) is 1.62. The van der Waals surface area contributed by atoms with Crippen molar-refractivity contribution in [2.45, 2.75) is 11.3 Å². The summed E-state index contributed by atoms with van der Waals surface area (Å²) in [5.74, 6) is -0.334. The van der Waals surface area contributed by atoms with E-state index in [0.717, 1.165) is 5.56 Å². The summed E-state index contributed by atoms with van der Waals surface area (Å²) in [4.78, 5) is 14.9. The second kappa shape index (κ2) is 8.41. The lowest BCUT2D eigenvalue weighted by Crippen LogP contribution is -2.13. The number of benzene rings is 2. The van der Waals surface area contributed by atoms with Gasteiger partial charge in [0, 0.05) is 6.07 Å². The molecular weight excluding hydrogens is 394 g/mol. The van der Waals surface area contributed by atoms with Gasteiger partial charge in [-0.2, -0.15) is 5.26 Å². The fourth-order valence-electron chi connectivity index (χ4n) is 2.38. The van der Waals surface area contributed by atoms with E-state index in [2.05, 4.69) is 15.8 Å². The lowest BCUT2D eigenvalue weighted by Gasteiger charge is -2.09. The highest BCUT2D eigenvalue weighted by molar-refractivity contribution is 7.92. The molecule has 0 aliphatic heterocycles. The molecule has 0 aliphatic carbocycles. The number of nitrogens with zero attached hydrogens (tertiary/aromatic N) is 2. The Hall–Kier alpha value is -3.90. The molecule has 0 amide bonds. The Balaban J connectivity index is 1.68. The minimum atomic E-state index is -3.89. The van der Waals surface area contributed by atoms with Crippen LogP contribution in [0.25, 0.3) is 0 Å². The number of aromatic carboxylic acids is 1. The largest absolute Gasteiger partial charge is 0.478 e. The Morgan fingerprint density at radius 1 is 1.07 bits per heavy atom. The van der Waals surface area contributed by atoms with Crippen LogP contribution in [0.2, 0.25) is 0 Å². The number of nitrogens with one attached hydrogen (secondary N) is 1. The first-order chi connectivity index (χ1) is 13.9. The Labute approximate surface area is 167 Å². The van der Waals surface area contributed by atoms with E-state index < -0.39 is 16.0 Å². The van der Waals surface area contributed by atoms with Gasteiger partial charge in [0.05, 0.1) is 34.8 Å².